The Morgan fingerprint density at radius 3 is 2.74 bits per heavy atom. The van der Waals surface area contributed by atoms with Gasteiger partial charge in [0.15, 0.2) is 0 Å². The van der Waals surface area contributed by atoms with E-state index in [1.807, 2.05) is 19.4 Å². The lowest BCUT2D eigenvalue weighted by molar-refractivity contribution is 0.568. The van der Waals surface area contributed by atoms with Gasteiger partial charge in [-0.3, -0.25) is 0 Å². The number of rotatable bonds is 5. The third-order valence-electron chi connectivity index (χ3n) is 3.04. The van der Waals surface area contributed by atoms with Gasteiger partial charge in [0.25, 0.3) is 0 Å². The van der Waals surface area contributed by atoms with Gasteiger partial charge in [0.1, 0.15) is 10.8 Å². The molecule has 19 heavy (non-hydrogen) atoms. The van der Waals surface area contributed by atoms with Crippen molar-refractivity contribution in [2.75, 3.05) is 6.54 Å². The van der Waals surface area contributed by atoms with Gasteiger partial charge in [-0.2, -0.15) is 0 Å². The van der Waals surface area contributed by atoms with E-state index in [2.05, 4.69) is 46.0 Å². The van der Waals surface area contributed by atoms with Gasteiger partial charge >= 0.3 is 0 Å². The Bertz CT molecular complexity index is 522. The van der Waals surface area contributed by atoms with Crippen LogP contribution >= 0.6 is 11.3 Å². The SMILES string of the molecule is Cn1ccnc1CCNCc1nc(C(C)(C)C)cs1. The highest BCUT2D eigenvalue weighted by Crippen LogP contribution is 2.23. The quantitative estimate of drug-likeness (QED) is 0.855. The first-order valence-electron chi connectivity index (χ1n) is 6.58. The van der Waals surface area contributed by atoms with Crippen LogP contribution in [-0.4, -0.2) is 21.1 Å². The van der Waals surface area contributed by atoms with Crippen molar-refractivity contribution in [2.45, 2.75) is 39.2 Å². The molecular weight excluding hydrogens is 256 g/mol. The molecule has 0 saturated carbocycles. The van der Waals surface area contributed by atoms with Crippen molar-refractivity contribution in [2.24, 2.45) is 7.05 Å². The van der Waals surface area contributed by atoms with E-state index in [0.717, 1.165) is 30.3 Å². The molecule has 2 aromatic heterocycles. The number of thiazole rings is 1. The number of nitrogens with one attached hydrogen (secondary N) is 1. The fourth-order valence-electron chi connectivity index (χ4n) is 1.77. The van der Waals surface area contributed by atoms with Gasteiger partial charge in [0.2, 0.25) is 0 Å². The molecule has 0 aliphatic carbocycles. The lowest BCUT2D eigenvalue weighted by Crippen LogP contribution is -2.18. The van der Waals surface area contributed by atoms with Crippen LogP contribution in [0.3, 0.4) is 0 Å². The zero-order valence-corrected chi connectivity index (χ0v) is 12.9. The second-order valence-electron chi connectivity index (χ2n) is 5.76. The number of aryl methyl sites for hydroxylation is 1. The average Bonchev–Trinajstić information content (AvgIpc) is 2.93. The summed E-state index contributed by atoms with van der Waals surface area (Å²) in [5.41, 5.74) is 1.32. The second kappa shape index (κ2) is 5.84. The fraction of sp³-hybridized carbons (Fsp3) is 0.571. The first-order chi connectivity index (χ1) is 8.97. The maximum Gasteiger partial charge on any atom is 0.109 e. The second-order valence-corrected chi connectivity index (χ2v) is 6.70. The molecule has 0 saturated heterocycles. The van der Waals surface area contributed by atoms with Crippen LogP contribution < -0.4 is 5.32 Å². The van der Waals surface area contributed by atoms with Crippen molar-refractivity contribution >= 4 is 11.3 Å². The molecule has 0 amide bonds. The summed E-state index contributed by atoms with van der Waals surface area (Å²) >= 11 is 1.73. The summed E-state index contributed by atoms with van der Waals surface area (Å²) in [6, 6.07) is 0. The molecular formula is C14H22N4S. The Morgan fingerprint density at radius 2 is 2.16 bits per heavy atom. The molecule has 104 valence electrons. The molecule has 0 bridgehead atoms. The largest absolute Gasteiger partial charge is 0.338 e. The zero-order chi connectivity index (χ0) is 13.9. The molecule has 0 spiro atoms. The Labute approximate surface area is 118 Å². The van der Waals surface area contributed by atoms with Gasteiger partial charge in [-0.1, -0.05) is 20.8 Å². The minimum Gasteiger partial charge on any atom is -0.338 e. The minimum atomic E-state index is 0.141. The van der Waals surface area contributed by atoms with E-state index in [4.69, 9.17) is 0 Å². The van der Waals surface area contributed by atoms with E-state index >= 15 is 0 Å². The lowest BCUT2D eigenvalue weighted by atomic mass is 9.93. The maximum atomic E-state index is 4.67. The van der Waals surface area contributed by atoms with Crippen molar-refractivity contribution in [1.29, 1.82) is 0 Å². The Hall–Kier alpha value is -1.20. The van der Waals surface area contributed by atoms with Crippen LogP contribution in [0.5, 0.6) is 0 Å². The van der Waals surface area contributed by atoms with Crippen LogP contribution in [-0.2, 0) is 25.4 Å². The van der Waals surface area contributed by atoms with E-state index in [9.17, 15) is 0 Å². The molecule has 2 aromatic rings. The maximum absolute atomic E-state index is 4.67. The van der Waals surface area contributed by atoms with Gasteiger partial charge in [-0.25, -0.2) is 9.97 Å². The van der Waals surface area contributed by atoms with Crippen molar-refractivity contribution in [1.82, 2.24) is 19.9 Å². The molecule has 0 unspecified atom stereocenters. The molecule has 0 aliphatic rings. The van der Waals surface area contributed by atoms with Crippen LogP contribution in [0.15, 0.2) is 17.8 Å². The minimum absolute atomic E-state index is 0.141. The van der Waals surface area contributed by atoms with E-state index in [1.165, 1.54) is 5.69 Å². The summed E-state index contributed by atoms with van der Waals surface area (Å²) in [6.07, 6.45) is 4.76. The van der Waals surface area contributed by atoms with Crippen LogP contribution in [0.25, 0.3) is 0 Å². The van der Waals surface area contributed by atoms with Crippen LogP contribution in [0.4, 0.5) is 0 Å². The van der Waals surface area contributed by atoms with Gasteiger partial charge in [-0.15, -0.1) is 11.3 Å². The smallest absolute Gasteiger partial charge is 0.109 e. The first kappa shape index (κ1) is 14.2. The van der Waals surface area contributed by atoms with Crippen molar-refractivity contribution in [3.63, 3.8) is 0 Å². The molecule has 0 aliphatic heterocycles. The first-order valence-corrected chi connectivity index (χ1v) is 7.46. The number of imidazole rings is 1. The monoisotopic (exact) mass is 278 g/mol. The predicted octanol–water partition coefficient (Wildman–Crippen LogP) is 2.51. The van der Waals surface area contributed by atoms with Gasteiger partial charge in [0.05, 0.1) is 5.69 Å². The number of aromatic nitrogens is 3. The zero-order valence-electron chi connectivity index (χ0n) is 12.1. The van der Waals surface area contributed by atoms with Gasteiger partial charge in [0, 0.05) is 49.7 Å². The molecule has 0 radical (unpaired) electrons. The molecule has 2 heterocycles. The topological polar surface area (TPSA) is 42.7 Å². The van der Waals surface area contributed by atoms with E-state index in [1.54, 1.807) is 11.3 Å². The molecule has 1 N–H and O–H groups in total. The molecule has 0 aromatic carbocycles. The van der Waals surface area contributed by atoms with Crippen LogP contribution in [0.1, 0.15) is 37.3 Å². The Morgan fingerprint density at radius 1 is 1.37 bits per heavy atom. The highest BCUT2D eigenvalue weighted by Gasteiger charge is 2.17. The lowest BCUT2D eigenvalue weighted by Gasteiger charge is -2.14. The van der Waals surface area contributed by atoms with Crippen molar-refractivity contribution < 1.29 is 0 Å². The molecule has 4 nitrogen and oxygen atoms in total. The van der Waals surface area contributed by atoms with Gasteiger partial charge < -0.3 is 9.88 Å². The molecule has 0 atom stereocenters. The summed E-state index contributed by atoms with van der Waals surface area (Å²) < 4.78 is 2.06. The summed E-state index contributed by atoms with van der Waals surface area (Å²) in [7, 11) is 2.03. The van der Waals surface area contributed by atoms with E-state index in [-0.39, 0.29) is 5.41 Å². The predicted molar refractivity (Wildman–Crippen MR) is 79.4 cm³/mol. The number of nitrogens with zero attached hydrogens (tertiary/aromatic N) is 3. The standard InChI is InChI=1S/C14H22N4S/c1-14(2,3)11-10-19-13(17-11)9-15-6-5-12-16-7-8-18(12)4/h7-8,10,15H,5-6,9H2,1-4H3. The summed E-state index contributed by atoms with van der Waals surface area (Å²) in [5.74, 6) is 1.11. The summed E-state index contributed by atoms with van der Waals surface area (Å²) in [6.45, 7) is 8.35. The normalized spacial score (nSPS) is 12.0. The average molecular weight is 278 g/mol. The molecule has 5 heteroatoms. The van der Waals surface area contributed by atoms with Crippen LogP contribution in [0, 0.1) is 0 Å². The molecule has 2 rings (SSSR count). The third-order valence-corrected chi connectivity index (χ3v) is 3.89. The van der Waals surface area contributed by atoms with E-state index in [0.29, 0.717) is 0 Å². The summed E-state index contributed by atoms with van der Waals surface area (Å²) in [4.78, 5) is 8.98. The number of hydrogen-bond donors (Lipinski definition) is 1. The summed E-state index contributed by atoms with van der Waals surface area (Å²) in [5, 5.41) is 6.75. The highest BCUT2D eigenvalue weighted by atomic mass is 32.1. The highest BCUT2D eigenvalue weighted by molar-refractivity contribution is 7.09. The Kier molecular flexibility index (Phi) is 4.37. The Balaban J connectivity index is 1.77. The van der Waals surface area contributed by atoms with Gasteiger partial charge in [-0.05, 0) is 0 Å². The third kappa shape index (κ3) is 3.88. The van der Waals surface area contributed by atoms with Crippen molar-refractivity contribution in [3.8, 4) is 0 Å². The molecule has 0 fully saturated rings. The number of hydrogen-bond acceptors (Lipinski definition) is 4. The van der Waals surface area contributed by atoms with E-state index < -0.39 is 0 Å². The van der Waals surface area contributed by atoms with Crippen molar-refractivity contribution in [3.05, 3.63) is 34.3 Å². The fourth-order valence-corrected chi connectivity index (χ4v) is 2.76. The van der Waals surface area contributed by atoms with Crippen LogP contribution in [0.2, 0.25) is 0 Å².